The fourth-order valence-corrected chi connectivity index (χ4v) is 2.21. The molecule has 0 spiro atoms. The van der Waals surface area contributed by atoms with Crippen molar-refractivity contribution in [2.45, 2.75) is 32.8 Å². The summed E-state index contributed by atoms with van der Waals surface area (Å²) in [5.74, 6) is -0.136. The molecular formula is C15H20N4O4. The van der Waals surface area contributed by atoms with Gasteiger partial charge in [-0.3, -0.25) is 10.1 Å². The number of anilines is 1. The molecule has 124 valence electrons. The van der Waals surface area contributed by atoms with E-state index in [1.54, 1.807) is 11.0 Å². The van der Waals surface area contributed by atoms with Crippen LogP contribution in [-0.2, 0) is 4.74 Å². The van der Waals surface area contributed by atoms with Crippen molar-refractivity contribution < 1.29 is 14.5 Å². The van der Waals surface area contributed by atoms with Gasteiger partial charge in [0, 0.05) is 12.6 Å². The Hall–Kier alpha value is -2.64. The number of aromatic nitrogens is 1. The Morgan fingerprint density at radius 2 is 2.13 bits per heavy atom. The molecule has 8 nitrogen and oxygen atoms in total. The Balaban J connectivity index is 2.15. The van der Waals surface area contributed by atoms with Crippen LogP contribution < -0.4 is 5.73 Å². The fraction of sp³-hybridized carbons (Fsp3) is 0.467. The summed E-state index contributed by atoms with van der Waals surface area (Å²) in [6.07, 6.45) is 2.22. The first-order valence-corrected chi connectivity index (χ1v) is 7.25. The summed E-state index contributed by atoms with van der Waals surface area (Å²) in [5, 5.41) is 10.8. The van der Waals surface area contributed by atoms with Crippen LogP contribution in [0.2, 0.25) is 0 Å². The van der Waals surface area contributed by atoms with Crippen LogP contribution in [0.3, 0.4) is 0 Å². The first-order chi connectivity index (χ1) is 10.7. The van der Waals surface area contributed by atoms with E-state index in [4.69, 9.17) is 10.5 Å². The number of hydrogen-bond acceptors (Lipinski definition) is 6. The van der Waals surface area contributed by atoms with Gasteiger partial charge >= 0.3 is 11.8 Å². The van der Waals surface area contributed by atoms with Crippen LogP contribution in [0.4, 0.5) is 16.3 Å². The molecule has 0 aromatic carbocycles. The van der Waals surface area contributed by atoms with Crippen LogP contribution in [0, 0.1) is 10.1 Å². The maximum atomic E-state index is 12.1. The van der Waals surface area contributed by atoms with E-state index in [0.717, 1.165) is 5.57 Å². The minimum Gasteiger partial charge on any atom is -0.444 e. The summed E-state index contributed by atoms with van der Waals surface area (Å²) in [4.78, 5) is 28.0. The predicted octanol–water partition coefficient (Wildman–Crippen LogP) is 2.60. The molecule has 0 unspecified atom stereocenters. The molecule has 1 aromatic heterocycles. The normalized spacial score (nSPS) is 15.1. The van der Waals surface area contributed by atoms with Crippen LogP contribution in [0.1, 0.15) is 32.9 Å². The van der Waals surface area contributed by atoms with Gasteiger partial charge < -0.3 is 15.4 Å². The second-order valence-corrected chi connectivity index (χ2v) is 6.28. The third-order valence-corrected chi connectivity index (χ3v) is 3.23. The molecule has 0 atom stereocenters. The lowest BCUT2D eigenvalue weighted by atomic mass is 10.1. The number of carbonyl (C=O) groups excluding carboxylic acids is 1. The topological polar surface area (TPSA) is 112 Å². The number of ether oxygens (including phenoxy) is 1. The lowest BCUT2D eigenvalue weighted by Crippen LogP contribution is -2.39. The fourth-order valence-electron chi connectivity index (χ4n) is 2.21. The molecule has 0 aliphatic carbocycles. The highest BCUT2D eigenvalue weighted by atomic mass is 16.6. The summed E-state index contributed by atoms with van der Waals surface area (Å²) in [5.41, 5.74) is 6.16. The number of nitrogen functional groups attached to an aromatic ring is 1. The highest BCUT2D eigenvalue weighted by Gasteiger charge is 2.25. The van der Waals surface area contributed by atoms with E-state index in [1.165, 1.54) is 6.07 Å². The number of nitrogens with two attached hydrogens (primary N) is 1. The van der Waals surface area contributed by atoms with Crippen molar-refractivity contribution in [3.05, 3.63) is 34.0 Å². The number of amides is 1. The van der Waals surface area contributed by atoms with Gasteiger partial charge in [0.25, 0.3) is 0 Å². The van der Waals surface area contributed by atoms with Crippen LogP contribution in [0.25, 0.3) is 5.57 Å². The molecule has 2 N–H and O–H groups in total. The van der Waals surface area contributed by atoms with Crippen molar-refractivity contribution in [3.63, 3.8) is 0 Å². The van der Waals surface area contributed by atoms with Crippen molar-refractivity contribution in [1.29, 1.82) is 0 Å². The first kappa shape index (κ1) is 16.7. The van der Waals surface area contributed by atoms with Crippen molar-refractivity contribution in [2.24, 2.45) is 0 Å². The molecule has 1 amide bonds. The number of hydrogen-bond donors (Lipinski definition) is 1. The molecule has 1 aliphatic rings. The van der Waals surface area contributed by atoms with Crippen molar-refractivity contribution >= 4 is 23.2 Å². The summed E-state index contributed by atoms with van der Waals surface area (Å²) < 4.78 is 5.36. The zero-order valence-electron chi connectivity index (χ0n) is 13.4. The Morgan fingerprint density at radius 1 is 1.43 bits per heavy atom. The highest BCUT2D eigenvalue weighted by Crippen LogP contribution is 2.25. The lowest BCUT2D eigenvalue weighted by molar-refractivity contribution is -0.384. The van der Waals surface area contributed by atoms with Gasteiger partial charge in [-0.05, 0) is 38.8 Å². The number of carbonyl (C=O) groups is 1. The summed E-state index contributed by atoms with van der Waals surface area (Å²) >= 11 is 0. The molecule has 0 saturated heterocycles. The zero-order valence-corrected chi connectivity index (χ0v) is 13.4. The van der Waals surface area contributed by atoms with Gasteiger partial charge in [-0.1, -0.05) is 6.08 Å². The lowest BCUT2D eigenvalue weighted by Gasteiger charge is -2.30. The van der Waals surface area contributed by atoms with Gasteiger partial charge in [0.2, 0.25) is 5.82 Å². The monoisotopic (exact) mass is 320 g/mol. The smallest absolute Gasteiger partial charge is 0.410 e. The average molecular weight is 320 g/mol. The van der Waals surface area contributed by atoms with Crippen molar-refractivity contribution in [2.75, 3.05) is 18.8 Å². The van der Waals surface area contributed by atoms with Gasteiger partial charge in [0.15, 0.2) is 0 Å². The van der Waals surface area contributed by atoms with Gasteiger partial charge in [0.05, 0.1) is 17.2 Å². The summed E-state index contributed by atoms with van der Waals surface area (Å²) in [6.45, 7) is 6.32. The predicted molar refractivity (Wildman–Crippen MR) is 85.7 cm³/mol. The summed E-state index contributed by atoms with van der Waals surface area (Å²) in [6, 6.07) is 2.86. The molecule has 2 heterocycles. The molecule has 0 saturated carbocycles. The van der Waals surface area contributed by atoms with Crippen LogP contribution >= 0.6 is 0 Å². The van der Waals surface area contributed by atoms with E-state index in [9.17, 15) is 14.9 Å². The maximum Gasteiger partial charge on any atom is 0.410 e. The molecular weight excluding hydrogens is 300 g/mol. The standard InChI is InChI=1S/C15H20N4O4/c1-15(2,3)23-14(20)18-8-4-5-10(9-18)11-6-7-12(19(21)22)13(16)17-11/h5-7H,4,8-9H2,1-3H3,(H2,16,17). The van der Waals surface area contributed by atoms with Crippen LogP contribution in [0.5, 0.6) is 0 Å². The number of nitrogens with zero attached hydrogens (tertiary/aromatic N) is 3. The van der Waals surface area contributed by atoms with E-state index >= 15 is 0 Å². The molecule has 8 heteroatoms. The van der Waals surface area contributed by atoms with Gasteiger partial charge in [-0.15, -0.1) is 0 Å². The van der Waals surface area contributed by atoms with E-state index in [2.05, 4.69) is 4.98 Å². The first-order valence-electron chi connectivity index (χ1n) is 7.25. The maximum absolute atomic E-state index is 12.1. The Kier molecular flexibility index (Phi) is 4.53. The second kappa shape index (κ2) is 6.23. The minimum atomic E-state index is -0.575. The second-order valence-electron chi connectivity index (χ2n) is 6.28. The number of nitro groups is 1. The SMILES string of the molecule is CC(C)(C)OC(=O)N1CCC=C(c2ccc([N+](=O)[O-])c(N)n2)C1. The minimum absolute atomic E-state index is 0.136. The van der Waals surface area contributed by atoms with E-state index in [0.29, 0.717) is 25.2 Å². The third-order valence-electron chi connectivity index (χ3n) is 3.23. The van der Waals surface area contributed by atoms with Crippen LogP contribution in [0.15, 0.2) is 18.2 Å². The molecule has 2 rings (SSSR count). The Morgan fingerprint density at radius 3 is 2.70 bits per heavy atom. The van der Waals surface area contributed by atoms with Gasteiger partial charge in [-0.2, -0.15) is 0 Å². The zero-order chi connectivity index (χ0) is 17.2. The molecule has 23 heavy (non-hydrogen) atoms. The van der Waals surface area contributed by atoms with E-state index in [1.807, 2.05) is 26.8 Å². The molecule has 1 aliphatic heterocycles. The summed E-state index contributed by atoms with van der Waals surface area (Å²) in [7, 11) is 0. The molecule has 0 radical (unpaired) electrons. The number of rotatable bonds is 2. The van der Waals surface area contributed by atoms with Gasteiger partial charge in [-0.25, -0.2) is 9.78 Å². The molecule has 1 aromatic rings. The molecule has 0 fully saturated rings. The van der Waals surface area contributed by atoms with Crippen molar-refractivity contribution in [3.8, 4) is 0 Å². The Bertz CT molecular complexity index is 664. The molecule has 0 bridgehead atoms. The highest BCUT2D eigenvalue weighted by molar-refractivity contribution is 5.75. The quantitative estimate of drug-likeness (QED) is 0.662. The Labute approximate surface area is 134 Å². The van der Waals surface area contributed by atoms with E-state index < -0.39 is 16.6 Å². The van der Waals surface area contributed by atoms with Crippen molar-refractivity contribution in [1.82, 2.24) is 9.88 Å². The van der Waals surface area contributed by atoms with Gasteiger partial charge in [0.1, 0.15) is 5.60 Å². The van der Waals surface area contributed by atoms with Crippen LogP contribution in [-0.4, -0.2) is 39.6 Å². The van der Waals surface area contributed by atoms with E-state index in [-0.39, 0.29) is 11.5 Å². The average Bonchev–Trinajstić information content (AvgIpc) is 2.45. The number of pyridine rings is 1. The third kappa shape index (κ3) is 4.18. The largest absolute Gasteiger partial charge is 0.444 e.